The van der Waals surface area contributed by atoms with E-state index in [0.717, 1.165) is 61.7 Å². The van der Waals surface area contributed by atoms with Crippen molar-refractivity contribution in [2.45, 2.75) is 39.7 Å². The summed E-state index contributed by atoms with van der Waals surface area (Å²) < 4.78 is 11.7. The summed E-state index contributed by atoms with van der Waals surface area (Å²) in [7, 11) is -0.688. The second-order valence-corrected chi connectivity index (χ2v) is 11.0. The molecule has 1 aliphatic heterocycles. The molecule has 2 aliphatic rings. The van der Waals surface area contributed by atoms with Gasteiger partial charge < -0.3 is 10.2 Å². The first-order chi connectivity index (χ1) is 15.3. The fourth-order valence-corrected chi connectivity index (χ4v) is 5.27. The number of H-pyrrole nitrogens is 1. The Morgan fingerprint density at radius 3 is 2.78 bits per heavy atom. The second kappa shape index (κ2) is 9.39. The number of amides is 1. The van der Waals surface area contributed by atoms with Crippen LogP contribution in [0.5, 0.6) is 0 Å². The molecule has 168 valence electrons. The van der Waals surface area contributed by atoms with Crippen LogP contribution in [0.1, 0.15) is 54.9 Å². The number of carbonyl (C=O) groups is 1. The molecular weight excluding hydrogens is 422 g/mol. The van der Waals surface area contributed by atoms with Crippen LogP contribution in [0.3, 0.4) is 0 Å². The normalized spacial score (nSPS) is 19.2. The SMILES string of the molecule is [C-]#[N+]c1cnc(C(=O)Nc2ccc(CN3CCS(=O)CC3)cc2C2=CCC(C)(C)CC2)[nH]1. The van der Waals surface area contributed by atoms with E-state index < -0.39 is 10.8 Å². The summed E-state index contributed by atoms with van der Waals surface area (Å²) in [6.07, 6.45) is 6.73. The van der Waals surface area contributed by atoms with Gasteiger partial charge in [-0.3, -0.25) is 18.9 Å². The molecule has 8 heteroatoms. The van der Waals surface area contributed by atoms with Gasteiger partial charge in [-0.05, 0) is 47.9 Å². The van der Waals surface area contributed by atoms with E-state index in [2.05, 4.69) is 51.0 Å². The van der Waals surface area contributed by atoms with Crippen LogP contribution in [0.4, 0.5) is 11.5 Å². The van der Waals surface area contributed by atoms with Gasteiger partial charge in [0.05, 0.1) is 6.20 Å². The fourth-order valence-electron chi connectivity index (χ4n) is 4.14. The highest BCUT2D eigenvalue weighted by atomic mass is 32.2. The molecule has 2 N–H and O–H groups in total. The average molecular weight is 452 g/mol. The zero-order valence-electron chi connectivity index (χ0n) is 18.6. The Kier molecular flexibility index (Phi) is 6.58. The van der Waals surface area contributed by atoms with Crippen molar-refractivity contribution in [3.63, 3.8) is 0 Å². The van der Waals surface area contributed by atoms with E-state index in [4.69, 9.17) is 6.57 Å². The third kappa shape index (κ3) is 5.34. The van der Waals surface area contributed by atoms with Gasteiger partial charge in [0.1, 0.15) is 0 Å². The van der Waals surface area contributed by atoms with Gasteiger partial charge in [-0.25, -0.2) is 4.98 Å². The van der Waals surface area contributed by atoms with E-state index in [-0.39, 0.29) is 23.0 Å². The number of allylic oxidation sites excluding steroid dienone is 2. The number of rotatable bonds is 5. The van der Waals surface area contributed by atoms with E-state index in [0.29, 0.717) is 0 Å². The molecule has 1 aromatic carbocycles. The quantitative estimate of drug-likeness (QED) is 0.662. The highest BCUT2D eigenvalue weighted by Crippen LogP contribution is 2.40. The van der Waals surface area contributed by atoms with Gasteiger partial charge in [0.25, 0.3) is 5.82 Å². The van der Waals surface area contributed by atoms with Crippen LogP contribution in [0.15, 0.2) is 30.5 Å². The van der Waals surface area contributed by atoms with Gasteiger partial charge in [0.15, 0.2) is 0 Å². The largest absolute Gasteiger partial charge is 0.363 e. The van der Waals surface area contributed by atoms with E-state index in [9.17, 15) is 9.00 Å². The lowest BCUT2D eigenvalue weighted by Gasteiger charge is -2.30. The number of aromatic amines is 1. The summed E-state index contributed by atoms with van der Waals surface area (Å²) in [5.74, 6) is 1.48. The Hall–Kier alpha value is -2.76. The van der Waals surface area contributed by atoms with Gasteiger partial charge in [0, 0.05) is 53.2 Å². The standard InChI is InChI=1S/C24H29N5O2S/c1-24(2)8-6-18(7-9-24)19-14-17(16-29-10-12-32(31)13-11-29)4-5-20(19)27-23(30)22-26-15-21(25-3)28-22/h4-6,14-15H,7-13,16H2,1-2H3,(H,26,28)(H,27,30). The molecule has 0 bridgehead atoms. The van der Waals surface area contributed by atoms with Gasteiger partial charge in [0.2, 0.25) is 5.82 Å². The van der Waals surface area contributed by atoms with Crippen LogP contribution in [-0.4, -0.2) is 49.6 Å². The van der Waals surface area contributed by atoms with Gasteiger partial charge in [-0.15, -0.1) is 0 Å². The Bertz CT molecular complexity index is 1100. The molecule has 0 radical (unpaired) electrons. The molecule has 2 aromatic rings. The van der Waals surface area contributed by atoms with Gasteiger partial charge in [-0.2, -0.15) is 0 Å². The number of carbonyl (C=O) groups excluding carboxylic acids is 1. The second-order valence-electron chi connectivity index (χ2n) is 9.28. The zero-order chi connectivity index (χ0) is 22.7. The lowest BCUT2D eigenvalue weighted by Crippen LogP contribution is -2.37. The molecule has 1 aliphatic carbocycles. The maximum atomic E-state index is 12.7. The molecule has 1 saturated heterocycles. The molecule has 32 heavy (non-hydrogen) atoms. The number of benzene rings is 1. The Morgan fingerprint density at radius 1 is 1.34 bits per heavy atom. The van der Waals surface area contributed by atoms with Crippen LogP contribution >= 0.6 is 0 Å². The summed E-state index contributed by atoms with van der Waals surface area (Å²) in [5.41, 5.74) is 4.53. The van der Waals surface area contributed by atoms with Crippen molar-refractivity contribution in [3.05, 3.63) is 58.8 Å². The number of anilines is 1. The third-order valence-electron chi connectivity index (χ3n) is 6.22. The molecular formula is C24H29N5O2S. The molecule has 7 nitrogen and oxygen atoms in total. The fraction of sp³-hybridized carbons (Fsp3) is 0.458. The maximum Gasteiger partial charge on any atom is 0.314 e. The van der Waals surface area contributed by atoms with Crippen LogP contribution in [0.2, 0.25) is 0 Å². The smallest absolute Gasteiger partial charge is 0.314 e. The number of aromatic nitrogens is 2. The van der Waals surface area contributed by atoms with Crippen molar-refractivity contribution in [3.8, 4) is 0 Å². The molecule has 1 fully saturated rings. The highest BCUT2D eigenvalue weighted by Gasteiger charge is 2.24. The van der Waals surface area contributed by atoms with Crippen LogP contribution in [0, 0.1) is 12.0 Å². The van der Waals surface area contributed by atoms with Crippen molar-refractivity contribution in [2.75, 3.05) is 29.9 Å². The van der Waals surface area contributed by atoms with Crippen LogP contribution in [0.25, 0.3) is 10.4 Å². The Morgan fingerprint density at radius 2 is 2.12 bits per heavy atom. The van der Waals surface area contributed by atoms with Crippen LogP contribution < -0.4 is 5.32 Å². The summed E-state index contributed by atoms with van der Waals surface area (Å²) >= 11 is 0. The summed E-state index contributed by atoms with van der Waals surface area (Å²) in [6, 6.07) is 6.19. The van der Waals surface area contributed by atoms with Crippen LogP contribution in [-0.2, 0) is 17.3 Å². The van der Waals surface area contributed by atoms with Crippen molar-refractivity contribution >= 4 is 33.8 Å². The zero-order valence-corrected chi connectivity index (χ0v) is 19.4. The predicted molar refractivity (Wildman–Crippen MR) is 128 cm³/mol. The highest BCUT2D eigenvalue weighted by molar-refractivity contribution is 7.85. The molecule has 4 rings (SSSR count). The molecule has 0 unspecified atom stereocenters. The lowest BCUT2D eigenvalue weighted by atomic mass is 9.76. The number of nitrogens with zero attached hydrogens (tertiary/aromatic N) is 3. The number of hydrogen-bond donors (Lipinski definition) is 2. The average Bonchev–Trinajstić information content (AvgIpc) is 3.26. The summed E-state index contributed by atoms with van der Waals surface area (Å²) in [6.45, 7) is 14.1. The number of nitrogens with one attached hydrogen (secondary N) is 2. The van der Waals surface area contributed by atoms with E-state index in [1.54, 1.807) is 0 Å². The van der Waals surface area contributed by atoms with E-state index >= 15 is 0 Å². The van der Waals surface area contributed by atoms with Crippen molar-refractivity contribution in [2.24, 2.45) is 5.41 Å². The monoisotopic (exact) mass is 451 g/mol. The predicted octanol–water partition coefficient (Wildman–Crippen LogP) is 4.37. The molecule has 1 aromatic heterocycles. The van der Waals surface area contributed by atoms with E-state index in [1.807, 2.05) is 12.1 Å². The minimum absolute atomic E-state index is 0.131. The Labute approximate surface area is 191 Å². The Balaban J connectivity index is 1.59. The molecule has 0 saturated carbocycles. The summed E-state index contributed by atoms with van der Waals surface area (Å²) in [5, 5.41) is 2.99. The van der Waals surface area contributed by atoms with Gasteiger partial charge in [-0.1, -0.05) is 32.6 Å². The first-order valence-corrected chi connectivity index (χ1v) is 12.5. The minimum Gasteiger partial charge on any atom is -0.363 e. The summed E-state index contributed by atoms with van der Waals surface area (Å²) in [4.78, 5) is 25.1. The number of hydrogen-bond acceptors (Lipinski definition) is 4. The number of imidazole rings is 1. The molecule has 2 heterocycles. The topological polar surface area (TPSA) is 82.4 Å². The van der Waals surface area contributed by atoms with Crippen molar-refractivity contribution < 1.29 is 9.00 Å². The molecule has 0 atom stereocenters. The van der Waals surface area contributed by atoms with Crippen molar-refractivity contribution in [1.82, 2.24) is 14.9 Å². The third-order valence-corrected chi connectivity index (χ3v) is 7.50. The van der Waals surface area contributed by atoms with Gasteiger partial charge >= 0.3 is 5.91 Å². The molecule has 0 spiro atoms. The maximum absolute atomic E-state index is 12.7. The minimum atomic E-state index is -0.688. The molecule has 1 amide bonds. The first-order valence-electron chi connectivity index (χ1n) is 11.0. The van der Waals surface area contributed by atoms with E-state index in [1.165, 1.54) is 17.3 Å². The first kappa shape index (κ1) is 22.4. The van der Waals surface area contributed by atoms with Crippen molar-refractivity contribution in [1.29, 1.82) is 0 Å². The lowest BCUT2D eigenvalue weighted by molar-refractivity contribution is 0.101.